The van der Waals surface area contributed by atoms with Gasteiger partial charge in [-0.15, -0.1) is 0 Å². The van der Waals surface area contributed by atoms with Crippen LogP contribution in [0.2, 0.25) is 0 Å². The van der Waals surface area contributed by atoms with Gasteiger partial charge >= 0.3 is 5.97 Å². The van der Waals surface area contributed by atoms with E-state index in [1.54, 1.807) is 31.2 Å². The summed E-state index contributed by atoms with van der Waals surface area (Å²) in [6.07, 6.45) is -0.915. The van der Waals surface area contributed by atoms with Crippen LogP contribution in [0.25, 0.3) is 0 Å². The minimum atomic E-state index is -0.866. The third kappa shape index (κ3) is 4.61. The van der Waals surface area contributed by atoms with Crippen LogP contribution < -0.4 is 4.74 Å². The molecule has 1 atom stereocenters. The van der Waals surface area contributed by atoms with Crippen LogP contribution in [0.3, 0.4) is 0 Å². The first-order chi connectivity index (χ1) is 10.2. The average molecular weight is 286 g/mol. The van der Waals surface area contributed by atoms with Crippen molar-refractivity contribution in [2.75, 3.05) is 6.61 Å². The second-order valence-corrected chi connectivity index (χ2v) is 4.51. The van der Waals surface area contributed by atoms with Gasteiger partial charge in [0.2, 0.25) is 0 Å². The van der Waals surface area contributed by atoms with Gasteiger partial charge < -0.3 is 14.6 Å². The third-order valence-corrected chi connectivity index (χ3v) is 2.91. The predicted molar refractivity (Wildman–Crippen MR) is 79.2 cm³/mol. The normalized spacial score (nSPS) is 11.7. The van der Waals surface area contributed by atoms with E-state index < -0.39 is 12.1 Å². The molecule has 0 bridgehead atoms. The molecule has 0 spiro atoms. The summed E-state index contributed by atoms with van der Waals surface area (Å²) >= 11 is 0. The highest BCUT2D eigenvalue weighted by molar-refractivity contribution is 5.70. The zero-order valence-electron chi connectivity index (χ0n) is 11.9. The van der Waals surface area contributed by atoms with Gasteiger partial charge in [-0.25, -0.2) is 0 Å². The molecule has 2 aromatic carbocycles. The van der Waals surface area contributed by atoms with E-state index in [0.29, 0.717) is 17.9 Å². The van der Waals surface area contributed by atoms with Gasteiger partial charge in [0.05, 0.1) is 19.1 Å². The van der Waals surface area contributed by atoms with Crippen LogP contribution in [0.4, 0.5) is 0 Å². The van der Waals surface area contributed by atoms with Gasteiger partial charge in [-0.05, 0) is 36.8 Å². The summed E-state index contributed by atoms with van der Waals surface area (Å²) in [5, 5.41) is 9.96. The first-order valence-electron chi connectivity index (χ1n) is 6.85. The Morgan fingerprint density at radius 2 is 1.67 bits per heavy atom. The maximum Gasteiger partial charge on any atom is 0.308 e. The third-order valence-electron chi connectivity index (χ3n) is 2.91. The number of rotatable bonds is 6. The van der Waals surface area contributed by atoms with Crippen molar-refractivity contribution in [2.45, 2.75) is 19.4 Å². The van der Waals surface area contributed by atoms with Gasteiger partial charge in [0.1, 0.15) is 11.5 Å². The maximum absolute atomic E-state index is 11.3. The van der Waals surface area contributed by atoms with Crippen molar-refractivity contribution in [3.8, 4) is 11.5 Å². The fourth-order valence-corrected chi connectivity index (χ4v) is 1.88. The summed E-state index contributed by atoms with van der Waals surface area (Å²) in [5.74, 6) is 1.01. The molecule has 4 nitrogen and oxygen atoms in total. The maximum atomic E-state index is 11.3. The van der Waals surface area contributed by atoms with E-state index in [9.17, 15) is 9.90 Å². The lowest BCUT2D eigenvalue weighted by Gasteiger charge is -2.11. The van der Waals surface area contributed by atoms with Gasteiger partial charge in [-0.3, -0.25) is 4.79 Å². The Hall–Kier alpha value is -2.33. The van der Waals surface area contributed by atoms with Crippen LogP contribution >= 0.6 is 0 Å². The van der Waals surface area contributed by atoms with Crippen molar-refractivity contribution < 1.29 is 19.4 Å². The number of benzene rings is 2. The standard InChI is InChI=1S/C17H18O4/c1-2-20-17(19)12-16(18)13-8-10-15(11-9-13)21-14-6-4-3-5-7-14/h3-11,16,18H,2,12H2,1H3. The quantitative estimate of drug-likeness (QED) is 0.826. The molecular weight excluding hydrogens is 268 g/mol. The molecule has 4 heteroatoms. The molecule has 1 unspecified atom stereocenters. The molecule has 0 saturated carbocycles. The van der Waals surface area contributed by atoms with E-state index in [1.807, 2.05) is 30.3 Å². The first-order valence-corrected chi connectivity index (χ1v) is 6.85. The molecule has 2 rings (SSSR count). The number of hydrogen-bond donors (Lipinski definition) is 1. The number of carbonyl (C=O) groups excluding carboxylic acids is 1. The van der Waals surface area contributed by atoms with Crippen molar-refractivity contribution in [3.63, 3.8) is 0 Å². The Kier molecular flexibility index (Phi) is 5.35. The smallest absolute Gasteiger partial charge is 0.308 e. The van der Waals surface area contributed by atoms with E-state index in [2.05, 4.69) is 0 Å². The number of para-hydroxylation sites is 1. The molecule has 0 aliphatic heterocycles. The molecule has 0 aliphatic rings. The second kappa shape index (κ2) is 7.45. The molecule has 0 amide bonds. The lowest BCUT2D eigenvalue weighted by atomic mass is 10.1. The molecule has 0 radical (unpaired) electrons. The van der Waals surface area contributed by atoms with Crippen LogP contribution in [0.1, 0.15) is 25.0 Å². The number of aliphatic hydroxyl groups is 1. The van der Waals surface area contributed by atoms with Crippen molar-refractivity contribution in [2.24, 2.45) is 0 Å². The average Bonchev–Trinajstić information content (AvgIpc) is 2.49. The summed E-state index contributed by atoms with van der Waals surface area (Å²) in [7, 11) is 0. The minimum Gasteiger partial charge on any atom is -0.466 e. The number of ether oxygens (including phenoxy) is 2. The van der Waals surface area contributed by atoms with E-state index >= 15 is 0 Å². The second-order valence-electron chi connectivity index (χ2n) is 4.51. The molecule has 0 aliphatic carbocycles. The summed E-state index contributed by atoms with van der Waals surface area (Å²) in [4.78, 5) is 11.3. The number of esters is 1. The van der Waals surface area contributed by atoms with Gasteiger partial charge in [0, 0.05) is 0 Å². The summed E-state index contributed by atoms with van der Waals surface area (Å²) in [6, 6.07) is 16.4. The fraction of sp³-hybridized carbons (Fsp3) is 0.235. The Labute approximate surface area is 123 Å². The van der Waals surface area contributed by atoms with Crippen molar-refractivity contribution in [3.05, 3.63) is 60.2 Å². The molecule has 0 heterocycles. The van der Waals surface area contributed by atoms with Crippen LogP contribution in [0, 0.1) is 0 Å². The lowest BCUT2D eigenvalue weighted by Crippen LogP contribution is -2.09. The Morgan fingerprint density at radius 1 is 1.05 bits per heavy atom. The summed E-state index contributed by atoms with van der Waals surface area (Å²) in [6.45, 7) is 2.05. The molecule has 1 N–H and O–H groups in total. The topological polar surface area (TPSA) is 55.8 Å². The molecule has 110 valence electrons. The minimum absolute atomic E-state index is 0.0489. The highest BCUT2D eigenvalue weighted by Gasteiger charge is 2.13. The molecule has 2 aromatic rings. The monoisotopic (exact) mass is 286 g/mol. The van der Waals surface area contributed by atoms with Crippen LogP contribution in [0.15, 0.2) is 54.6 Å². The molecule has 21 heavy (non-hydrogen) atoms. The number of carbonyl (C=O) groups is 1. The number of aliphatic hydroxyl groups excluding tert-OH is 1. The largest absolute Gasteiger partial charge is 0.466 e. The van der Waals surface area contributed by atoms with E-state index in [-0.39, 0.29) is 6.42 Å². The fourth-order valence-electron chi connectivity index (χ4n) is 1.88. The highest BCUT2D eigenvalue weighted by atomic mass is 16.5. The van der Waals surface area contributed by atoms with Crippen molar-refractivity contribution in [1.29, 1.82) is 0 Å². The zero-order valence-corrected chi connectivity index (χ0v) is 11.9. The summed E-state index contributed by atoms with van der Waals surface area (Å²) < 4.78 is 10.5. The highest BCUT2D eigenvalue weighted by Crippen LogP contribution is 2.24. The SMILES string of the molecule is CCOC(=O)CC(O)c1ccc(Oc2ccccc2)cc1. The van der Waals surface area contributed by atoms with Crippen LogP contribution in [0.5, 0.6) is 11.5 Å². The Bertz CT molecular complexity index is 563. The van der Waals surface area contributed by atoms with Crippen LogP contribution in [-0.4, -0.2) is 17.7 Å². The van der Waals surface area contributed by atoms with Gasteiger partial charge in [-0.1, -0.05) is 30.3 Å². The van der Waals surface area contributed by atoms with E-state index in [0.717, 1.165) is 5.75 Å². The van der Waals surface area contributed by atoms with Crippen molar-refractivity contribution in [1.82, 2.24) is 0 Å². The van der Waals surface area contributed by atoms with Crippen LogP contribution in [-0.2, 0) is 9.53 Å². The first kappa shape index (κ1) is 15.1. The molecule has 0 fully saturated rings. The number of hydrogen-bond acceptors (Lipinski definition) is 4. The zero-order chi connectivity index (χ0) is 15.1. The molecule has 0 aromatic heterocycles. The Balaban J connectivity index is 1.97. The van der Waals surface area contributed by atoms with Gasteiger partial charge in [0.15, 0.2) is 0 Å². The van der Waals surface area contributed by atoms with E-state index in [4.69, 9.17) is 9.47 Å². The summed E-state index contributed by atoms with van der Waals surface area (Å²) in [5.41, 5.74) is 0.656. The lowest BCUT2D eigenvalue weighted by molar-refractivity contribution is -0.145. The van der Waals surface area contributed by atoms with Crippen molar-refractivity contribution >= 4 is 5.97 Å². The molecule has 0 saturated heterocycles. The van der Waals surface area contributed by atoms with E-state index in [1.165, 1.54) is 0 Å². The predicted octanol–water partition coefficient (Wildman–Crippen LogP) is 3.47. The Morgan fingerprint density at radius 3 is 2.29 bits per heavy atom. The molecular formula is C17H18O4. The van der Waals surface area contributed by atoms with Gasteiger partial charge in [0.25, 0.3) is 0 Å². The van der Waals surface area contributed by atoms with Gasteiger partial charge in [-0.2, -0.15) is 0 Å².